The van der Waals surface area contributed by atoms with E-state index in [2.05, 4.69) is 5.32 Å². The molecular weight excluding hydrogens is 319 g/mol. The van der Waals surface area contributed by atoms with Gasteiger partial charge in [-0.25, -0.2) is 0 Å². The first-order chi connectivity index (χ1) is 11.4. The molecule has 0 unspecified atom stereocenters. The minimum Gasteiger partial charge on any atom is -0.494 e. The highest BCUT2D eigenvalue weighted by molar-refractivity contribution is 5.94. The number of amides is 1. The van der Waals surface area contributed by atoms with Crippen molar-refractivity contribution in [2.75, 3.05) is 6.61 Å². The lowest BCUT2D eigenvalue weighted by Gasteiger charge is -2.09. The number of alkyl halides is 3. The van der Waals surface area contributed by atoms with Gasteiger partial charge in [0.1, 0.15) is 5.75 Å². The molecule has 0 fully saturated rings. The van der Waals surface area contributed by atoms with Crippen LogP contribution in [-0.2, 0) is 12.7 Å². The molecule has 3 nitrogen and oxygen atoms in total. The number of hydrogen-bond acceptors (Lipinski definition) is 2. The molecule has 0 aromatic heterocycles. The van der Waals surface area contributed by atoms with E-state index in [1.807, 2.05) is 6.92 Å². The van der Waals surface area contributed by atoms with E-state index >= 15 is 0 Å². The quantitative estimate of drug-likeness (QED) is 0.847. The molecule has 0 saturated carbocycles. The highest BCUT2D eigenvalue weighted by atomic mass is 19.4. The Balaban J connectivity index is 1.90. The van der Waals surface area contributed by atoms with E-state index in [0.29, 0.717) is 23.5 Å². The van der Waals surface area contributed by atoms with Gasteiger partial charge < -0.3 is 10.1 Å². The van der Waals surface area contributed by atoms with Crippen LogP contribution in [0.25, 0.3) is 0 Å². The molecular formula is C18H18F3NO2. The minimum atomic E-state index is -4.36. The third kappa shape index (κ3) is 5.01. The van der Waals surface area contributed by atoms with Crippen molar-refractivity contribution < 1.29 is 22.7 Å². The molecule has 0 aliphatic rings. The van der Waals surface area contributed by atoms with Crippen LogP contribution in [0.3, 0.4) is 0 Å². The summed E-state index contributed by atoms with van der Waals surface area (Å²) < 4.78 is 42.9. The van der Waals surface area contributed by atoms with Gasteiger partial charge in [0.05, 0.1) is 12.2 Å². The number of carbonyl (C=O) groups is 1. The van der Waals surface area contributed by atoms with Crippen molar-refractivity contribution in [3.8, 4) is 5.75 Å². The van der Waals surface area contributed by atoms with Crippen LogP contribution < -0.4 is 10.1 Å². The molecule has 2 rings (SSSR count). The van der Waals surface area contributed by atoms with Gasteiger partial charge in [-0.2, -0.15) is 13.2 Å². The third-order valence-corrected chi connectivity index (χ3v) is 3.32. The van der Waals surface area contributed by atoms with E-state index in [9.17, 15) is 18.0 Å². The van der Waals surface area contributed by atoms with Gasteiger partial charge in [0.15, 0.2) is 0 Å². The topological polar surface area (TPSA) is 38.3 Å². The number of halogens is 3. The second-order valence-electron chi connectivity index (χ2n) is 5.25. The van der Waals surface area contributed by atoms with Crippen molar-refractivity contribution >= 4 is 5.91 Å². The lowest BCUT2D eigenvalue weighted by Crippen LogP contribution is -2.22. The molecule has 0 atom stereocenters. The standard InChI is InChI=1S/C18H18F3NO2/c1-2-11-24-16-9-5-14(6-10-16)17(23)22-12-13-3-7-15(8-4-13)18(19,20)21/h3-10H,2,11-12H2,1H3,(H,22,23). The van der Waals surface area contributed by atoms with Crippen LogP contribution in [0.2, 0.25) is 0 Å². The second-order valence-corrected chi connectivity index (χ2v) is 5.25. The van der Waals surface area contributed by atoms with Crippen molar-refractivity contribution in [3.63, 3.8) is 0 Å². The molecule has 1 amide bonds. The number of nitrogens with one attached hydrogen (secondary N) is 1. The number of ether oxygens (including phenoxy) is 1. The SMILES string of the molecule is CCCOc1ccc(C(=O)NCc2ccc(C(F)(F)F)cc2)cc1. The molecule has 1 N–H and O–H groups in total. The number of carbonyl (C=O) groups excluding carboxylic acids is 1. The summed E-state index contributed by atoms with van der Waals surface area (Å²) in [7, 11) is 0. The summed E-state index contributed by atoms with van der Waals surface area (Å²) in [6, 6.07) is 11.4. The summed E-state index contributed by atoms with van der Waals surface area (Å²) >= 11 is 0. The monoisotopic (exact) mass is 337 g/mol. The molecule has 2 aromatic rings. The highest BCUT2D eigenvalue weighted by Crippen LogP contribution is 2.29. The van der Waals surface area contributed by atoms with Crippen molar-refractivity contribution in [2.45, 2.75) is 26.1 Å². The van der Waals surface area contributed by atoms with Crippen LogP contribution in [0.15, 0.2) is 48.5 Å². The van der Waals surface area contributed by atoms with Gasteiger partial charge in [-0.05, 0) is 48.4 Å². The zero-order chi connectivity index (χ0) is 17.6. The Morgan fingerprint density at radius 2 is 1.67 bits per heavy atom. The first kappa shape index (κ1) is 17.8. The van der Waals surface area contributed by atoms with Crippen LogP contribution in [-0.4, -0.2) is 12.5 Å². The normalized spacial score (nSPS) is 11.2. The molecule has 0 aliphatic heterocycles. The van der Waals surface area contributed by atoms with Gasteiger partial charge in [-0.1, -0.05) is 19.1 Å². The fourth-order valence-electron chi connectivity index (χ4n) is 2.02. The molecule has 0 saturated heterocycles. The van der Waals surface area contributed by atoms with Crippen LogP contribution >= 0.6 is 0 Å². The largest absolute Gasteiger partial charge is 0.494 e. The van der Waals surface area contributed by atoms with Gasteiger partial charge >= 0.3 is 6.18 Å². The second kappa shape index (κ2) is 7.86. The Morgan fingerprint density at radius 1 is 1.04 bits per heavy atom. The maximum atomic E-state index is 12.5. The van der Waals surface area contributed by atoms with Crippen LogP contribution in [0, 0.1) is 0 Å². The molecule has 0 heterocycles. The highest BCUT2D eigenvalue weighted by Gasteiger charge is 2.29. The van der Waals surface area contributed by atoms with E-state index in [4.69, 9.17) is 4.74 Å². The van der Waals surface area contributed by atoms with Gasteiger partial charge in [0.2, 0.25) is 0 Å². The molecule has 128 valence electrons. The predicted molar refractivity (Wildman–Crippen MR) is 84.8 cm³/mol. The summed E-state index contributed by atoms with van der Waals surface area (Å²) in [5, 5.41) is 2.68. The average Bonchev–Trinajstić information content (AvgIpc) is 2.58. The van der Waals surface area contributed by atoms with Crippen LogP contribution in [0.4, 0.5) is 13.2 Å². The Labute approximate surface area is 138 Å². The fraction of sp³-hybridized carbons (Fsp3) is 0.278. The van der Waals surface area contributed by atoms with E-state index in [1.54, 1.807) is 24.3 Å². The maximum absolute atomic E-state index is 12.5. The number of benzene rings is 2. The minimum absolute atomic E-state index is 0.158. The maximum Gasteiger partial charge on any atom is 0.416 e. The first-order valence-corrected chi connectivity index (χ1v) is 7.57. The summed E-state index contributed by atoms with van der Waals surface area (Å²) in [5.74, 6) is 0.396. The zero-order valence-corrected chi connectivity index (χ0v) is 13.2. The smallest absolute Gasteiger partial charge is 0.416 e. The van der Waals surface area contributed by atoms with E-state index in [0.717, 1.165) is 18.6 Å². The number of rotatable bonds is 6. The van der Waals surface area contributed by atoms with E-state index < -0.39 is 11.7 Å². The Bertz CT molecular complexity index is 664. The Morgan fingerprint density at radius 3 is 2.21 bits per heavy atom. The Hall–Kier alpha value is -2.50. The zero-order valence-electron chi connectivity index (χ0n) is 13.2. The van der Waals surface area contributed by atoms with Crippen molar-refractivity contribution in [3.05, 3.63) is 65.2 Å². The number of hydrogen-bond donors (Lipinski definition) is 1. The molecule has 6 heteroatoms. The molecule has 24 heavy (non-hydrogen) atoms. The van der Waals surface area contributed by atoms with Crippen LogP contribution in [0.1, 0.15) is 34.8 Å². The summed E-state index contributed by atoms with van der Waals surface area (Å²) in [6.45, 7) is 2.77. The molecule has 2 aromatic carbocycles. The Kier molecular flexibility index (Phi) is 5.84. The van der Waals surface area contributed by atoms with Gasteiger partial charge in [-0.15, -0.1) is 0 Å². The van der Waals surface area contributed by atoms with Gasteiger partial charge in [-0.3, -0.25) is 4.79 Å². The predicted octanol–water partition coefficient (Wildman–Crippen LogP) is 4.42. The summed E-state index contributed by atoms with van der Waals surface area (Å²) in [6.07, 6.45) is -3.46. The van der Waals surface area contributed by atoms with Crippen molar-refractivity contribution in [1.82, 2.24) is 5.32 Å². The third-order valence-electron chi connectivity index (χ3n) is 3.32. The van der Waals surface area contributed by atoms with E-state index in [-0.39, 0.29) is 12.5 Å². The molecule has 0 radical (unpaired) electrons. The first-order valence-electron chi connectivity index (χ1n) is 7.57. The van der Waals surface area contributed by atoms with Crippen molar-refractivity contribution in [1.29, 1.82) is 0 Å². The average molecular weight is 337 g/mol. The van der Waals surface area contributed by atoms with Crippen molar-refractivity contribution in [2.24, 2.45) is 0 Å². The lowest BCUT2D eigenvalue weighted by atomic mass is 10.1. The lowest BCUT2D eigenvalue weighted by molar-refractivity contribution is -0.137. The van der Waals surface area contributed by atoms with Crippen LogP contribution in [0.5, 0.6) is 5.75 Å². The molecule has 0 bridgehead atoms. The summed E-state index contributed by atoms with van der Waals surface area (Å²) in [4.78, 5) is 12.0. The molecule has 0 spiro atoms. The summed E-state index contributed by atoms with van der Waals surface area (Å²) in [5.41, 5.74) is 0.352. The fourth-order valence-corrected chi connectivity index (χ4v) is 2.02. The van der Waals surface area contributed by atoms with Gasteiger partial charge in [0, 0.05) is 12.1 Å². The molecule has 0 aliphatic carbocycles. The van der Waals surface area contributed by atoms with Gasteiger partial charge in [0.25, 0.3) is 5.91 Å². The van der Waals surface area contributed by atoms with E-state index in [1.165, 1.54) is 12.1 Å².